The van der Waals surface area contributed by atoms with E-state index in [9.17, 15) is 4.39 Å². The highest BCUT2D eigenvalue weighted by atomic mass is 32.1. The standard InChI is InChI=1S/C12H7FN2S/c13-9-3-1-2-8(6-9)12-15-10-7-14-5-4-11(10)16-12/h1-7H. The molecule has 0 aliphatic heterocycles. The van der Waals surface area contributed by atoms with Crippen LogP contribution in [-0.2, 0) is 0 Å². The van der Waals surface area contributed by atoms with Gasteiger partial charge in [-0.15, -0.1) is 11.3 Å². The number of hydrogen-bond donors (Lipinski definition) is 0. The van der Waals surface area contributed by atoms with Crippen molar-refractivity contribution >= 4 is 21.6 Å². The Balaban J connectivity index is 2.19. The van der Waals surface area contributed by atoms with E-state index in [2.05, 4.69) is 9.97 Å². The summed E-state index contributed by atoms with van der Waals surface area (Å²) in [4.78, 5) is 8.42. The molecule has 0 atom stereocenters. The second-order valence-corrected chi connectivity index (χ2v) is 4.40. The zero-order chi connectivity index (χ0) is 11.0. The van der Waals surface area contributed by atoms with E-state index in [1.807, 2.05) is 12.1 Å². The van der Waals surface area contributed by atoms with Crippen LogP contribution in [0, 0.1) is 5.82 Å². The van der Waals surface area contributed by atoms with Gasteiger partial charge in [0.2, 0.25) is 0 Å². The normalized spacial score (nSPS) is 10.8. The van der Waals surface area contributed by atoms with E-state index in [-0.39, 0.29) is 5.82 Å². The fourth-order valence-corrected chi connectivity index (χ4v) is 2.45. The summed E-state index contributed by atoms with van der Waals surface area (Å²) in [5.74, 6) is -0.241. The number of aromatic nitrogens is 2. The zero-order valence-corrected chi connectivity index (χ0v) is 9.04. The third kappa shape index (κ3) is 1.57. The fourth-order valence-electron chi connectivity index (χ4n) is 1.52. The molecule has 3 aromatic rings. The van der Waals surface area contributed by atoms with Crippen LogP contribution in [0.15, 0.2) is 42.7 Å². The van der Waals surface area contributed by atoms with E-state index in [4.69, 9.17) is 0 Å². The molecule has 0 aliphatic carbocycles. The maximum atomic E-state index is 13.1. The molecular weight excluding hydrogens is 223 g/mol. The van der Waals surface area contributed by atoms with Gasteiger partial charge in [0.05, 0.1) is 10.9 Å². The van der Waals surface area contributed by atoms with Crippen molar-refractivity contribution < 1.29 is 4.39 Å². The lowest BCUT2D eigenvalue weighted by molar-refractivity contribution is 0.628. The van der Waals surface area contributed by atoms with E-state index in [1.165, 1.54) is 12.1 Å². The first-order valence-corrected chi connectivity index (χ1v) is 5.61. The molecule has 0 saturated heterocycles. The summed E-state index contributed by atoms with van der Waals surface area (Å²) in [7, 11) is 0. The number of pyridine rings is 1. The number of benzene rings is 1. The Morgan fingerprint density at radius 1 is 1.19 bits per heavy atom. The molecule has 2 heterocycles. The van der Waals surface area contributed by atoms with Crippen molar-refractivity contribution in [2.75, 3.05) is 0 Å². The predicted molar refractivity (Wildman–Crippen MR) is 62.8 cm³/mol. The summed E-state index contributed by atoms with van der Waals surface area (Å²) in [6.45, 7) is 0. The zero-order valence-electron chi connectivity index (χ0n) is 8.22. The van der Waals surface area contributed by atoms with Gasteiger partial charge in [0.1, 0.15) is 16.3 Å². The molecule has 0 N–H and O–H groups in total. The van der Waals surface area contributed by atoms with E-state index in [0.717, 1.165) is 20.8 Å². The molecule has 4 heteroatoms. The highest BCUT2D eigenvalue weighted by Crippen LogP contribution is 2.29. The summed E-state index contributed by atoms with van der Waals surface area (Å²) in [6.07, 6.45) is 3.45. The van der Waals surface area contributed by atoms with Crippen LogP contribution in [0.5, 0.6) is 0 Å². The van der Waals surface area contributed by atoms with Crippen LogP contribution in [0.25, 0.3) is 20.8 Å². The molecule has 3 rings (SSSR count). The van der Waals surface area contributed by atoms with Crippen molar-refractivity contribution in [3.05, 3.63) is 48.5 Å². The maximum Gasteiger partial charge on any atom is 0.124 e. The number of halogens is 1. The molecule has 0 bridgehead atoms. The molecule has 0 amide bonds. The first-order chi connectivity index (χ1) is 7.83. The topological polar surface area (TPSA) is 25.8 Å². The summed E-state index contributed by atoms with van der Waals surface area (Å²) in [5, 5.41) is 0.822. The number of thiazole rings is 1. The molecule has 0 unspecified atom stereocenters. The minimum absolute atomic E-state index is 0.241. The minimum atomic E-state index is -0.241. The minimum Gasteiger partial charge on any atom is -0.262 e. The van der Waals surface area contributed by atoms with Crippen LogP contribution in [0.3, 0.4) is 0 Å². The second kappa shape index (κ2) is 3.64. The Hall–Kier alpha value is -1.81. The third-order valence-electron chi connectivity index (χ3n) is 2.26. The molecule has 1 aromatic carbocycles. The van der Waals surface area contributed by atoms with Gasteiger partial charge < -0.3 is 0 Å². The molecule has 2 nitrogen and oxygen atoms in total. The average Bonchev–Trinajstić information content (AvgIpc) is 2.72. The van der Waals surface area contributed by atoms with Crippen LogP contribution < -0.4 is 0 Å². The van der Waals surface area contributed by atoms with Crippen LogP contribution >= 0.6 is 11.3 Å². The van der Waals surface area contributed by atoms with Crippen molar-refractivity contribution in [2.24, 2.45) is 0 Å². The largest absolute Gasteiger partial charge is 0.262 e. The van der Waals surface area contributed by atoms with E-state index in [0.29, 0.717) is 0 Å². The van der Waals surface area contributed by atoms with Gasteiger partial charge in [0, 0.05) is 11.8 Å². The molecule has 16 heavy (non-hydrogen) atoms. The summed E-state index contributed by atoms with van der Waals surface area (Å²) in [5.41, 5.74) is 1.66. The molecule has 0 spiro atoms. The Morgan fingerprint density at radius 3 is 2.94 bits per heavy atom. The van der Waals surface area contributed by atoms with Gasteiger partial charge in [-0.05, 0) is 18.2 Å². The average molecular weight is 230 g/mol. The lowest BCUT2D eigenvalue weighted by atomic mass is 10.2. The number of fused-ring (bicyclic) bond motifs is 1. The SMILES string of the molecule is Fc1cccc(-c2nc3cnccc3s2)c1. The Morgan fingerprint density at radius 2 is 2.12 bits per heavy atom. The van der Waals surface area contributed by atoms with Gasteiger partial charge in [-0.2, -0.15) is 0 Å². The third-order valence-corrected chi connectivity index (χ3v) is 3.35. The van der Waals surface area contributed by atoms with Gasteiger partial charge in [0.25, 0.3) is 0 Å². The van der Waals surface area contributed by atoms with Crippen LogP contribution in [-0.4, -0.2) is 9.97 Å². The molecule has 0 radical (unpaired) electrons. The predicted octanol–water partition coefficient (Wildman–Crippen LogP) is 3.50. The summed E-state index contributed by atoms with van der Waals surface area (Å²) < 4.78 is 14.1. The van der Waals surface area contributed by atoms with E-state index in [1.54, 1.807) is 29.8 Å². The van der Waals surface area contributed by atoms with Gasteiger partial charge >= 0.3 is 0 Å². The lowest BCUT2D eigenvalue weighted by Gasteiger charge is -1.94. The Kier molecular flexibility index (Phi) is 2.15. The quantitative estimate of drug-likeness (QED) is 0.639. The maximum absolute atomic E-state index is 13.1. The molecule has 0 fully saturated rings. The van der Waals surface area contributed by atoms with E-state index >= 15 is 0 Å². The van der Waals surface area contributed by atoms with Gasteiger partial charge in [0.15, 0.2) is 0 Å². The van der Waals surface area contributed by atoms with E-state index < -0.39 is 0 Å². The molecule has 0 aliphatic rings. The summed E-state index contributed by atoms with van der Waals surface area (Å²) >= 11 is 1.54. The van der Waals surface area contributed by atoms with Crippen molar-refractivity contribution in [3.63, 3.8) is 0 Å². The second-order valence-electron chi connectivity index (χ2n) is 3.37. The number of hydrogen-bond acceptors (Lipinski definition) is 3. The van der Waals surface area contributed by atoms with Crippen molar-refractivity contribution in [1.29, 1.82) is 0 Å². The molecule has 0 saturated carbocycles. The smallest absolute Gasteiger partial charge is 0.124 e. The fraction of sp³-hybridized carbons (Fsp3) is 0. The number of rotatable bonds is 1. The summed E-state index contributed by atoms with van der Waals surface area (Å²) in [6, 6.07) is 8.38. The Labute approximate surface area is 95.4 Å². The lowest BCUT2D eigenvalue weighted by Crippen LogP contribution is -1.78. The van der Waals surface area contributed by atoms with Crippen molar-refractivity contribution in [3.8, 4) is 10.6 Å². The first kappa shape index (κ1) is 9.42. The Bertz CT molecular complexity index is 615. The van der Waals surface area contributed by atoms with Gasteiger partial charge in [-0.3, -0.25) is 4.98 Å². The van der Waals surface area contributed by atoms with Crippen LogP contribution in [0.4, 0.5) is 4.39 Å². The number of nitrogens with zero attached hydrogens (tertiary/aromatic N) is 2. The first-order valence-electron chi connectivity index (χ1n) is 4.79. The van der Waals surface area contributed by atoms with Crippen LogP contribution in [0.2, 0.25) is 0 Å². The molecule has 78 valence electrons. The van der Waals surface area contributed by atoms with Gasteiger partial charge in [-0.1, -0.05) is 12.1 Å². The van der Waals surface area contributed by atoms with Crippen LogP contribution in [0.1, 0.15) is 0 Å². The molecule has 2 aromatic heterocycles. The molecular formula is C12H7FN2S. The highest BCUT2D eigenvalue weighted by molar-refractivity contribution is 7.21. The highest BCUT2D eigenvalue weighted by Gasteiger charge is 2.06. The van der Waals surface area contributed by atoms with Crippen molar-refractivity contribution in [1.82, 2.24) is 9.97 Å². The van der Waals surface area contributed by atoms with Crippen molar-refractivity contribution in [2.45, 2.75) is 0 Å². The monoisotopic (exact) mass is 230 g/mol. The van der Waals surface area contributed by atoms with Gasteiger partial charge in [-0.25, -0.2) is 9.37 Å².